The average molecular weight is 453 g/mol. The number of aryl methyl sites for hydroxylation is 1. The number of carbonyl (C=O) groups excluding carboxylic acids is 2. The Balaban J connectivity index is 1.28. The molecule has 0 aromatic heterocycles. The van der Waals surface area contributed by atoms with Crippen molar-refractivity contribution >= 4 is 11.8 Å². The first-order chi connectivity index (χ1) is 15.9. The molecule has 178 valence electrons. The molecule has 3 aliphatic rings. The monoisotopic (exact) mass is 452 g/mol. The zero-order chi connectivity index (χ0) is 23.3. The number of aliphatic hydroxyl groups excluding tert-OH is 1. The highest BCUT2D eigenvalue weighted by Gasteiger charge is 2.40. The molecule has 0 unspecified atom stereocenters. The number of Topliss-reactive ketones (excluding diaryl/α,β-unsaturated/α-hetero) is 1. The number of ether oxygens (including phenoxy) is 1. The van der Waals surface area contributed by atoms with Crippen LogP contribution >= 0.6 is 0 Å². The minimum absolute atomic E-state index is 0.0515. The summed E-state index contributed by atoms with van der Waals surface area (Å²) < 4.78 is 5.64. The maximum Gasteiger partial charge on any atom is 0.338 e. The van der Waals surface area contributed by atoms with E-state index < -0.39 is 11.7 Å². The molecule has 3 aliphatic carbocycles. The topological polar surface area (TPSA) is 83.8 Å². The van der Waals surface area contributed by atoms with Gasteiger partial charge in [-0.25, -0.2) is 4.79 Å². The average Bonchev–Trinajstić information content (AvgIpc) is 3.36. The maximum absolute atomic E-state index is 12.5. The molecule has 1 aromatic carbocycles. The highest BCUT2D eigenvalue weighted by molar-refractivity contribution is 5.89. The number of aliphatic hydroxyl groups is 2. The van der Waals surface area contributed by atoms with Gasteiger partial charge in [-0.05, 0) is 88.3 Å². The number of rotatable bonds is 6. The lowest BCUT2D eigenvalue weighted by atomic mass is 9.88. The van der Waals surface area contributed by atoms with Gasteiger partial charge < -0.3 is 14.9 Å². The van der Waals surface area contributed by atoms with Crippen molar-refractivity contribution in [1.82, 2.24) is 0 Å². The van der Waals surface area contributed by atoms with Gasteiger partial charge in [0, 0.05) is 12.3 Å². The van der Waals surface area contributed by atoms with E-state index in [4.69, 9.17) is 4.74 Å². The van der Waals surface area contributed by atoms with E-state index in [-0.39, 0.29) is 36.1 Å². The fourth-order valence-corrected chi connectivity index (χ4v) is 5.53. The summed E-state index contributed by atoms with van der Waals surface area (Å²) in [6, 6.07) is 7.55. The molecule has 1 aromatic rings. The molecule has 4 rings (SSSR count). The van der Waals surface area contributed by atoms with Gasteiger partial charge >= 0.3 is 5.97 Å². The normalized spacial score (nSPS) is 27.2. The zero-order valence-corrected chi connectivity index (χ0v) is 19.4. The van der Waals surface area contributed by atoms with Gasteiger partial charge in [-0.1, -0.05) is 30.4 Å². The lowest BCUT2D eigenvalue weighted by molar-refractivity contribution is -0.121. The predicted octanol–water partition coefficient (Wildman–Crippen LogP) is 4.37. The van der Waals surface area contributed by atoms with Gasteiger partial charge in [0.25, 0.3) is 0 Å². The lowest BCUT2D eigenvalue weighted by Gasteiger charge is -2.21. The first-order valence-corrected chi connectivity index (χ1v) is 12.7. The van der Waals surface area contributed by atoms with Crippen LogP contribution in [0.5, 0.6) is 0 Å². The van der Waals surface area contributed by atoms with Crippen molar-refractivity contribution in [3.8, 4) is 11.8 Å². The van der Waals surface area contributed by atoms with Crippen LogP contribution in [-0.2, 0) is 16.0 Å². The van der Waals surface area contributed by atoms with E-state index in [9.17, 15) is 19.8 Å². The Morgan fingerprint density at radius 2 is 1.76 bits per heavy atom. The molecule has 5 nitrogen and oxygen atoms in total. The zero-order valence-electron chi connectivity index (χ0n) is 19.4. The van der Waals surface area contributed by atoms with Crippen molar-refractivity contribution in [3.05, 3.63) is 35.4 Å². The Labute approximate surface area is 196 Å². The molecule has 5 heteroatoms. The quantitative estimate of drug-likeness (QED) is 0.495. The lowest BCUT2D eigenvalue weighted by Crippen LogP contribution is -2.24. The molecular weight excluding hydrogens is 416 g/mol. The molecule has 0 saturated heterocycles. The van der Waals surface area contributed by atoms with Gasteiger partial charge in [-0.2, -0.15) is 0 Å². The number of benzene rings is 1. The Bertz CT molecular complexity index is 881. The van der Waals surface area contributed by atoms with Crippen LogP contribution in [0.2, 0.25) is 0 Å². The Kier molecular flexibility index (Phi) is 7.88. The first kappa shape index (κ1) is 24.0. The standard InChI is InChI=1S/C28H36O5/c29-25-19-26(30)24(15-18-28(32)16-4-5-17-28)23(25)10-6-7-20-11-13-21(14-12-20)27(31)33-22-8-2-1-3-9-22/h11-14,22-24,26,30,32H,1-10,16-17,19H2/t23-,24-,26-/m1/s1. The Morgan fingerprint density at radius 3 is 2.45 bits per heavy atom. The van der Waals surface area contributed by atoms with Crippen molar-refractivity contribution in [2.75, 3.05) is 0 Å². The predicted molar refractivity (Wildman–Crippen MR) is 125 cm³/mol. The van der Waals surface area contributed by atoms with Crippen LogP contribution in [0.1, 0.15) is 93.0 Å². The molecule has 0 heterocycles. The van der Waals surface area contributed by atoms with Crippen LogP contribution in [0.15, 0.2) is 24.3 Å². The largest absolute Gasteiger partial charge is 0.459 e. The second-order valence-corrected chi connectivity index (χ2v) is 10.1. The third-order valence-electron chi connectivity index (χ3n) is 7.57. The summed E-state index contributed by atoms with van der Waals surface area (Å²) in [6.07, 6.45) is 10.4. The smallest absolute Gasteiger partial charge is 0.338 e. The molecule has 0 bridgehead atoms. The minimum atomic E-state index is -0.949. The first-order valence-electron chi connectivity index (χ1n) is 12.7. The van der Waals surface area contributed by atoms with E-state index in [1.807, 2.05) is 24.3 Å². The summed E-state index contributed by atoms with van der Waals surface area (Å²) >= 11 is 0. The minimum Gasteiger partial charge on any atom is -0.459 e. The third kappa shape index (κ3) is 6.25. The number of esters is 1. The van der Waals surface area contributed by atoms with Crippen LogP contribution in [0.3, 0.4) is 0 Å². The number of carbonyl (C=O) groups is 2. The molecule has 0 amide bonds. The van der Waals surface area contributed by atoms with Gasteiger partial charge in [0.1, 0.15) is 17.5 Å². The van der Waals surface area contributed by atoms with Crippen molar-refractivity contribution in [3.63, 3.8) is 0 Å². The van der Waals surface area contributed by atoms with E-state index in [1.165, 1.54) is 6.42 Å². The highest BCUT2D eigenvalue weighted by atomic mass is 16.5. The SMILES string of the molecule is O=C(OC1CCCCC1)c1ccc(CCC[C@H]2C(=O)C[C@@H](O)[C@@H]2C#CC2(O)CCCC2)cc1. The van der Waals surface area contributed by atoms with Crippen LogP contribution in [-0.4, -0.2) is 39.8 Å². The molecule has 0 spiro atoms. The van der Waals surface area contributed by atoms with Crippen LogP contribution in [0, 0.1) is 23.7 Å². The van der Waals surface area contributed by atoms with Gasteiger partial charge in [0.15, 0.2) is 0 Å². The summed E-state index contributed by atoms with van der Waals surface area (Å²) in [6.45, 7) is 0. The molecule has 3 fully saturated rings. The van der Waals surface area contributed by atoms with E-state index in [0.717, 1.165) is 56.9 Å². The fourth-order valence-electron chi connectivity index (χ4n) is 5.53. The summed E-state index contributed by atoms with van der Waals surface area (Å²) in [7, 11) is 0. The van der Waals surface area contributed by atoms with Crippen molar-refractivity contribution in [2.45, 2.75) is 101 Å². The second kappa shape index (κ2) is 10.8. The van der Waals surface area contributed by atoms with Crippen molar-refractivity contribution in [1.29, 1.82) is 0 Å². The van der Waals surface area contributed by atoms with E-state index in [0.29, 0.717) is 24.8 Å². The molecular formula is C28H36O5. The van der Waals surface area contributed by atoms with E-state index in [1.54, 1.807) is 0 Å². The molecule has 3 atom stereocenters. The van der Waals surface area contributed by atoms with Crippen LogP contribution < -0.4 is 0 Å². The number of ketones is 1. The third-order valence-corrected chi connectivity index (χ3v) is 7.57. The van der Waals surface area contributed by atoms with E-state index >= 15 is 0 Å². The maximum atomic E-state index is 12.5. The number of hydrogen-bond donors (Lipinski definition) is 2. The summed E-state index contributed by atoms with van der Waals surface area (Å²) in [5.41, 5.74) is 0.743. The molecule has 2 N–H and O–H groups in total. The van der Waals surface area contributed by atoms with Crippen LogP contribution in [0.25, 0.3) is 0 Å². The Morgan fingerprint density at radius 1 is 1.06 bits per heavy atom. The van der Waals surface area contributed by atoms with Gasteiger partial charge in [-0.15, -0.1) is 0 Å². The molecule has 3 saturated carbocycles. The molecule has 33 heavy (non-hydrogen) atoms. The highest BCUT2D eigenvalue weighted by Crippen LogP contribution is 2.34. The van der Waals surface area contributed by atoms with Crippen LogP contribution in [0.4, 0.5) is 0 Å². The Hall–Kier alpha value is -2.16. The van der Waals surface area contributed by atoms with Gasteiger partial charge in [0.05, 0.1) is 17.6 Å². The molecule has 0 radical (unpaired) electrons. The van der Waals surface area contributed by atoms with E-state index in [2.05, 4.69) is 11.8 Å². The molecule has 0 aliphatic heterocycles. The summed E-state index contributed by atoms with van der Waals surface area (Å²) in [4.78, 5) is 24.8. The van der Waals surface area contributed by atoms with Crippen molar-refractivity contribution < 1.29 is 24.5 Å². The van der Waals surface area contributed by atoms with Gasteiger partial charge in [-0.3, -0.25) is 4.79 Å². The summed E-state index contributed by atoms with van der Waals surface area (Å²) in [5.74, 6) is 5.22. The van der Waals surface area contributed by atoms with Crippen molar-refractivity contribution in [2.24, 2.45) is 11.8 Å². The second-order valence-electron chi connectivity index (χ2n) is 10.1. The van der Waals surface area contributed by atoms with Gasteiger partial charge in [0.2, 0.25) is 0 Å². The number of hydrogen-bond acceptors (Lipinski definition) is 5. The fraction of sp³-hybridized carbons (Fsp3) is 0.643. The summed E-state index contributed by atoms with van der Waals surface area (Å²) in [5, 5.41) is 20.9.